The summed E-state index contributed by atoms with van der Waals surface area (Å²) < 4.78 is 0. The van der Waals surface area contributed by atoms with Crippen LogP contribution in [-0.4, -0.2) is 28.9 Å². The predicted octanol–water partition coefficient (Wildman–Crippen LogP) is 3.16. The lowest BCUT2D eigenvalue weighted by atomic mass is 9.98. The monoisotopic (exact) mass is 382 g/mol. The lowest BCUT2D eigenvalue weighted by molar-refractivity contribution is -0.143. The fraction of sp³-hybridized carbons (Fsp3) is 0.318. The normalized spacial score (nSPS) is 13.8. The third kappa shape index (κ3) is 5.94. The van der Waals surface area contributed by atoms with E-state index in [1.54, 1.807) is 31.2 Å². The zero-order valence-electron chi connectivity index (χ0n) is 16.1. The van der Waals surface area contributed by atoms with E-state index in [0.717, 1.165) is 5.56 Å². The molecule has 2 aromatic carbocycles. The maximum Gasteiger partial charge on any atom is 0.326 e. The first-order valence-electron chi connectivity index (χ1n) is 9.35. The fourth-order valence-corrected chi connectivity index (χ4v) is 2.87. The lowest BCUT2D eigenvalue weighted by Crippen LogP contribution is -2.46. The van der Waals surface area contributed by atoms with Crippen LogP contribution in [0.25, 0.3) is 0 Å². The van der Waals surface area contributed by atoms with Gasteiger partial charge in [-0.05, 0) is 23.6 Å². The van der Waals surface area contributed by atoms with E-state index < -0.39 is 24.0 Å². The van der Waals surface area contributed by atoms with Crippen molar-refractivity contribution in [1.82, 2.24) is 10.6 Å². The summed E-state index contributed by atoms with van der Waals surface area (Å²) >= 11 is 0. The van der Waals surface area contributed by atoms with Crippen LogP contribution in [0, 0.1) is 5.92 Å². The Hall–Kier alpha value is -3.15. The summed E-state index contributed by atoms with van der Waals surface area (Å²) in [5.74, 6) is -1.98. The minimum absolute atomic E-state index is 0.0528. The molecule has 0 heterocycles. The highest BCUT2D eigenvalue weighted by Gasteiger charge is 2.27. The number of carbonyl (C=O) groups is 3. The largest absolute Gasteiger partial charge is 0.480 e. The number of hydrogen-bond acceptors (Lipinski definition) is 3. The predicted molar refractivity (Wildman–Crippen MR) is 107 cm³/mol. The van der Waals surface area contributed by atoms with Gasteiger partial charge in [-0.1, -0.05) is 68.8 Å². The highest BCUT2D eigenvalue weighted by atomic mass is 16.4. The van der Waals surface area contributed by atoms with Crippen LogP contribution in [0.4, 0.5) is 0 Å². The number of benzene rings is 2. The van der Waals surface area contributed by atoms with Gasteiger partial charge in [0, 0.05) is 5.56 Å². The molecular weight excluding hydrogens is 356 g/mol. The fourth-order valence-electron chi connectivity index (χ4n) is 2.87. The van der Waals surface area contributed by atoms with Gasteiger partial charge in [-0.3, -0.25) is 9.59 Å². The molecule has 2 aromatic rings. The Morgan fingerprint density at radius 1 is 0.929 bits per heavy atom. The Labute approximate surface area is 165 Å². The van der Waals surface area contributed by atoms with Crippen molar-refractivity contribution in [2.24, 2.45) is 5.92 Å². The second-order valence-corrected chi connectivity index (χ2v) is 6.78. The van der Waals surface area contributed by atoms with Crippen LogP contribution < -0.4 is 10.6 Å². The molecule has 0 radical (unpaired) electrons. The molecule has 28 heavy (non-hydrogen) atoms. The van der Waals surface area contributed by atoms with Crippen molar-refractivity contribution in [2.45, 2.75) is 38.8 Å². The summed E-state index contributed by atoms with van der Waals surface area (Å²) in [5, 5.41) is 14.9. The molecule has 3 N–H and O–H groups in total. The van der Waals surface area contributed by atoms with Gasteiger partial charge >= 0.3 is 5.97 Å². The van der Waals surface area contributed by atoms with E-state index in [1.165, 1.54) is 0 Å². The molecule has 3 atom stereocenters. The molecule has 2 rings (SSSR count). The first-order chi connectivity index (χ1) is 13.4. The minimum atomic E-state index is -1.06. The average Bonchev–Trinajstić information content (AvgIpc) is 2.72. The molecule has 0 saturated heterocycles. The number of carboxylic acid groups (broad SMARTS) is 1. The van der Waals surface area contributed by atoms with Crippen molar-refractivity contribution in [2.75, 3.05) is 0 Å². The van der Waals surface area contributed by atoms with E-state index in [1.807, 2.05) is 43.3 Å². The van der Waals surface area contributed by atoms with Crippen LogP contribution in [0.3, 0.4) is 0 Å². The van der Waals surface area contributed by atoms with Crippen molar-refractivity contribution in [3.8, 4) is 0 Å². The summed E-state index contributed by atoms with van der Waals surface area (Å²) in [7, 11) is 0. The summed E-state index contributed by atoms with van der Waals surface area (Å²) in [4.78, 5) is 36.6. The standard InChI is InChI=1S/C22H26N2O4/c1-3-15(2)20(22(27)28)24-19(25)14-18(16-10-6-4-7-11-16)23-21(26)17-12-8-5-9-13-17/h4-13,15,18,20H,3,14H2,1-2H3,(H,23,26)(H,24,25)(H,27,28)/t15-,18?,20-/m0/s1. The van der Waals surface area contributed by atoms with E-state index in [9.17, 15) is 19.5 Å². The molecular formula is C22H26N2O4. The van der Waals surface area contributed by atoms with Crippen LogP contribution in [0.1, 0.15) is 48.7 Å². The minimum Gasteiger partial charge on any atom is -0.480 e. The zero-order valence-corrected chi connectivity index (χ0v) is 16.1. The van der Waals surface area contributed by atoms with Gasteiger partial charge in [-0.25, -0.2) is 4.79 Å². The second kappa shape index (κ2) is 10.3. The third-order valence-corrected chi connectivity index (χ3v) is 4.73. The number of aliphatic carboxylic acids is 1. The van der Waals surface area contributed by atoms with Gasteiger partial charge in [-0.2, -0.15) is 0 Å². The van der Waals surface area contributed by atoms with Crippen molar-refractivity contribution in [3.63, 3.8) is 0 Å². The molecule has 2 amide bonds. The topological polar surface area (TPSA) is 95.5 Å². The molecule has 0 aliphatic heterocycles. The maximum atomic E-state index is 12.6. The average molecular weight is 382 g/mol. The van der Waals surface area contributed by atoms with E-state index in [2.05, 4.69) is 10.6 Å². The van der Waals surface area contributed by atoms with Crippen LogP contribution in [0.15, 0.2) is 60.7 Å². The van der Waals surface area contributed by atoms with Crippen LogP contribution in [0.2, 0.25) is 0 Å². The van der Waals surface area contributed by atoms with Crippen molar-refractivity contribution in [1.29, 1.82) is 0 Å². The lowest BCUT2D eigenvalue weighted by Gasteiger charge is -2.23. The van der Waals surface area contributed by atoms with E-state index in [0.29, 0.717) is 12.0 Å². The highest BCUT2D eigenvalue weighted by molar-refractivity contribution is 5.94. The molecule has 0 saturated carbocycles. The number of hydrogen-bond donors (Lipinski definition) is 3. The van der Waals surface area contributed by atoms with E-state index in [-0.39, 0.29) is 18.2 Å². The number of nitrogens with one attached hydrogen (secondary N) is 2. The molecule has 6 nitrogen and oxygen atoms in total. The maximum absolute atomic E-state index is 12.6. The number of amides is 2. The Kier molecular flexibility index (Phi) is 7.75. The van der Waals surface area contributed by atoms with Crippen LogP contribution in [-0.2, 0) is 9.59 Å². The molecule has 0 aromatic heterocycles. The molecule has 0 bridgehead atoms. The van der Waals surface area contributed by atoms with Gasteiger partial charge < -0.3 is 15.7 Å². The van der Waals surface area contributed by atoms with E-state index in [4.69, 9.17) is 0 Å². The second-order valence-electron chi connectivity index (χ2n) is 6.78. The SMILES string of the molecule is CC[C@H](C)[C@H](NC(=O)CC(NC(=O)c1ccccc1)c1ccccc1)C(=O)O. The number of rotatable bonds is 9. The van der Waals surface area contributed by atoms with Crippen LogP contribution in [0.5, 0.6) is 0 Å². The number of carbonyl (C=O) groups excluding carboxylic acids is 2. The first kappa shape index (κ1) is 21.2. The molecule has 0 fully saturated rings. The van der Waals surface area contributed by atoms with Gasteiger partial charge in [-0.15, -0.1) is 0 Å². The molecule has 148 valence electrons. The quantitative estimate of drug-likeness (QED) is 0.621. The van der Waals surface area contributed by atoms with Crippen molar-refractivity contribution < 1.29 is 19.5 Å². The summed E-state index contributed by atoms with van der Waals surface area (Å²) in [6, 6.07) is 16.4. The van der Waals surface area contributed by atoms with E-state index >= 15 is 0 Å². The molecule has 0 aliphatic carbocycles. The summed E-state index contributed by atoms with van der Waals surface area (Å²) in [6.07, 6.45) is 0.576. The van der Waals surface area contributed by atoms with Gasteiger partial charge in [0.1, 0.15) is 6.04 Å². The molecule has 0 spiro atoms. The molecule has 6 heteroatoms. The zero-order chi connectivity index (χ0) is 20.5. The Balaban J connectivity index is 2.15. The Morgan fingerprint density at radius 3 is 2.04 bits per heavy atom. The molecule has 1 unspecified atom stereocenters. The van der Waals surface area contributed by atoms with Gasteiger partial charge in [0.05, 0.1) is 12.5 Å². The summed E-state index contributed by atoms with van der Waals surface area (Å²) in [5.41, 5.74) is 1.27. The van der Waals surface area contributed by atoms with Gasteiger partial charge in [0.15, 0.2) is 0 Å². The van der Waals surface area contributed by atoms with Gasteiger partial charge in [0.25, 0.3) is 5.91 Å². The Bertz CT molecular complexity index is 793. The van der Waals surface area contributed by atoms with Crippen molar-refractivity contribution in [3.05, 3.63) is 71.8 Å². The number of carboxylic acids is 1. The molecule has 0 aliphatic rings. The first-order valence-corrected chi connectivity index (χ1v) is 9.35. The third-order valence-electron chi connectivity index (χ3n) is 4.73. The smallest absolute Gasteiger partial charge is 0.326 e. The van der Waals surface area contributed by atoms with Crippen molar-refractivity contribution >= 4 is 17.8 Å². The summed E-state index contributed by atoms with van der Waals surface area (Å²) in [6.45, 7) is 3.66. The van der Waals surface area contributed by atoms with Crippen LogP contribution >= 0.6 is 0 Å². The van der Waals surface area contributed by atoms with Gasteiger partial charge in [0.2, 0.25) is 5.91 Å². The Morgan fingerprint density at radius 2 is 1.50 bits per heavy atom. The highest BCUT2D eigenvalue weighted by Crippen LogP contribution is 2.18.